The van der Waals surface area contributed by atoms with Gasteiger partial charge in [0.25, 0.3) is 0 Å². The summed E-state index contributed by atoms with van der Waals surface area (Å²) in [6, 6.07) is 11.2. The minimum atomic E-state index is -0.994. The van der Waals surface area contributed by atoms with Crippen molar-refractivity contribution in [3.05, 3.63) is 83.4 Å². The molecule has 7 N–H and O–H groups in total. The van der Waals surface area contributed by atoms with E-state index in [4.69, 9.17) is 11.5 Å². The van der Waals surface area contributed by atoms with Gasteiger partial charge in [0.15, 0.2) is 0 Å². The Morgan fingerprint density at radius 1 is 1.11 bits per heavy atom. The van der Waals surface area contributed by atoms with E-state index in [2.05, 4.69) is 15.3 Å². The van der Waals surface area contributed by atoms with Gasteiger partial charge in [-0.05, 0) is 28.8 Å². The van der Waals surface area contributed by atoms with Gasteiger partial charge < -0.3 is 31.8 Å². The lowest BCUT2D eigenvalue weighted by Gasteiger charge is -2.37. The number of aromatic hydroxyl groups is 1. The molecule has 3 aromatic rings. The summed E-state index contributed by atoms with van der Waals surface area (Å²) in [7, 11) is 0. The smallest absolute Gasteiger partial charge is 0.246 e. The van der Waals surface area contributed by atoms with E-state index in [0.717, 1.165) is 16.7 Å². The summed E-state index contributed by atoms with van der Waals surface area (Å²) in [6.07, 6.45) is 3.73. The Labute approximate surface area is 202 Å². The highest BCUT2D eigenvalue weighted by molar-refractivity contribution is 5.93. The van der Waals surface area contributed by atoms with Crippen molar-refractivity contribution in [2.75, 3.05) is 0 Å². The molecule has 1 aliphatic heterocycles. The number of nitrogens with zero attached hydrogens (tertiary/aromatic N) is 2. The molecule has 2 heterocycles. The second-order valence-corrected chi connectivity index (χ2v) is 8.68. The summed E-state index contributed by atoms with van der Waals surface area (Å²) in [6.45, 7) is 0.199. The molecule has 0 radical (unpaired) electrons. The fourth-order valence-corrected chi connectivity index (χ4v) is 4.28. The zero-order valence-corrected chi connectivity index (χ0v) is 19.1. The summed E-state index contributed by atoms with van der Waals surface area (Å²) in [5.41, 5.74) is 15.1. The van der Waals surface area contributed by atoms with Crippen LogP contribution in [0.4, 0.5) is 0 Å². The number of fused-ring (bicyclic) bond motifs is 1. The van der Waals surface area contributed by atoms with Gasteiger partial charge in [-0.3, -0.25) is 14.4 Å². The average Bonchev–Trinajstić information content (AvgIpc) is 3.36. The summed E-state index contributed by atoms with van der Waals surface area (Å²) in [5.74, 6) is -1.47. The number of nitrogens with two attached hydrogens (primary N) is 2. The number of benzene rings is 2. The quantitative estimate of drug-likeness (QED) is 0.310. The van der Waals surface area contributed by atoms with Gasteiger partial charge in [-0.1, -0.05) is 36.4 Å². The van der Waals surface area contributed by atoms with Crippen LogP contribution in [0.15, 0.2) is 61.1 Å². The van der Waals surface area contributed by atoms with Gasteiger partial charge in [-0.2, -0.15) is 0 Å². The van der Waals surface area contributed by atoms with E-state index in [9.17, 15) is 19.5 Å². The van der Waals surface area contributed by atoms with E-state index in [0.29, 0.717) is 12.1 Å². The molecule has 2 unspecified atom stereocenters. The van der Waals surface area contributed by atoms with E-state index in [1.807, 2.05) is 24.3 Å². The van der Waals surface area contributed by atoms with Crippen LogP contribution < -0.4 is 16.8 Å². The molecule has 182 valence electrons. The molecule has 1 aromatic heterocycles. The number of aromatic nitrogens is 2. The Hall–Kier alpha value is -4.18. The van der Waals surface area contributed by atoms with Crippen molar-refractivity contribution >= 4 is 17.7 Å². The maximum Gasteiger partial charge on any atom is 0.246 e. The first-order valence-electron chi connectivity index (χ1n) is 11.3. The second-order valence-electron chi connectivity index (χ2n) is 8.68. The zero-order valence-electron chi connectivity index (χ0n) is 19.1. The minimum Gasteiger partial charge on any atom is -0.508 e. The van der Waals surface area contributed by atoms with Crippen LogP contribution in [-0.4, -0.2) is 55.8 Å². The Morgan fingerprint density at radius 2 is 1.83 bits per heavy atom. The molecule has 3 atom stereocenters. The number of carbonyl (C=O) groups excluding carboxylic acids is 3. The van der Waals surface area contributed by atoms with Crippen LogP contribution in [0.25, 0.3) is 0 Å². The highest BCUT2D eigenvalue weighted by Gasteiger charge is 2.37. The summed E-state index contributed by atoms with van der Waals surface area (Å²) < 4.78 is 0. The van der Waals surface area contributed by atoms with Gasteiger partial charge in [-0.25, -0.2) is 4.98 Å². The third-order valence-corrected chi connectivity index (χ3v) is 6.18. The molecular weight excluding hydrogens is 448 g/mol. The molecule has 4 rings (SSSR count). The number of phenols is 1. The van der Waals surface area contributed by atoms with Gasteiger partial charge >= 0.3 is 0 Å². The largest absolute Gasteiger partial charge is 0.508 e. The lowest BCUT2D eigenvalue weighted by atomic mass is 9.92. The number of aromatic amines is 1. The van der Waals surface area contributed by atoms with Gasteiger partial charge in [0.05, 0.1) is 12.4 Å². The summed E-state index contributed by atoms with van der Waals surface area (Å²) >= 11 is 0. The Bertz CT molecular complexity index is 1190. The number of hydrogen-bond acceptors (Lipinski definition) is 6. The number of hydrogen-bond donors (Lipinski definition) is 5. The minimum absolute atomic E-state index is 0.0867. The predicted octanol–water partition coefficient (Wildman–Crippen LogP) is 0.151. The standard InChI is InChI=1S/C25H28N6O4/c26-20(11-18-12-28-14-29-18)24(34)30-21(9-15-5-7-19(32)8-6-15)25(35)31-13-17-4-2-1-3-16(17)10-22(31)23(27)33/h1-8,12,14,20-22,32H,9-11,13,26H2,(H2,27,33)(H,28,29)(H,30,34)/t20?,21?,22-/m0/s1. The normalized spacial score (nSPS) is 16.7. The highest BCUT2D eigenvalue weighted by Crippen LogP contribution is 2.24. The molecule has 0 saturated carbocycles. The molecule has 0 saturated heterocycles. The number of rotatable bonds is 8. The van der Waals surface area contributed by atoms with Gasteiger partial charge in [0.2, 0.25) is 17.7 Å². The molecule has 3 amide bonds. The highest BCUT2D eigenvalue weighted by atomic mass is 16.3. The van der Waals surface area contributed by atoms with Gasteiger partial charge in [0.1, 0.15) is 17.8 Å². The fourth-order valence-electron chi connectivity index (χ4n) is 4.28. The first-order chi connectivity index (χ1) is 16.8. The van der Waals surface area contributed by atoms with Crippen molar-refractivity contribution in [2.24, 2.45) is 11.5 Å². The number of phenolic OH excluding ortho intramolecular Hbond substituents is 1. The molecule has 10 heteroatoms. The number of carbonyl (C=O) groups is 3. The maximum absolute atomic E-state index is 13.8. The number of amides is 3. The summed E-state index contributed by atoms with van der Waals surface area (Å²) in [5, 5.41) is 12.4. The van der Waals surface area contributed by atoms with Crippen molar-refractivity contribution in [2.45, 2.75) is 43.9 Å². The molecule has 0 bridgehead atoms. The van der Waals surface area contributed by atoms with Crippen LogP contribution >= 0.6 is 0 Å². The maximum atomic E-state index is 13.8. The summed E-state index contributed by atoms with van der Waals surface area (Å²) in [4.78, 5) is 47.3. The van der Waals surface area contributed by atoms with Gasteiger partial charge in [-0.15, -0.1) is 0 Å². The van der Waals surface area contributed by atoms with Crippen molar-refractivity contribution in [1.82, 2.24) is 20.2 Å². The first-order valence-corrected chi connectivity index (χ1v) is 11.3. The topological polar surface area (TPSA) is 167 Å². The second kappa shape index (κ2) is 10.4. The molecule has 0 aliphatic carbocycles. The third-order valence-electron chi connectivity index (χ3n) is 6.18. The lowest BCUT2D eigenvalue weighted by molar-refractivity contribution is -0.143. The zero-order chi connectivity index (χ0) is 24.9. The number of nitrogens with one attached hydrogen (secondary N) is 2. The van der Waals surface area contributed by atoms with Crippen molar-refractivity contribution in [1.29, 1.82) is 0 Å². The fraction of sp³-hybridized carbons (Fsp3) is 0.280. The average molecular weight is 477 g/mol. The van der Waals surface area contributed by atoms with E-state index in [1.165, 1.54) is 23.4 Å². The first kappa shape index (κ1) is 24.0. The molecular formula is C25H28N6O4. The van der Waals surface area contributed by atoms with Crippen molar-refractivity contribution in [3.63, 3.8) is 0 Å². The van der Waals surface area contributed by atoms with Crippen LogP contribution in [0.1, 0.15) is 22.4 Å². The predicted molar refractivity (Wildman–Crippen MR) is 128 cm³/mol. The monoisotopic (exact) mass is 476 g/mol. The van der Waals surface area contributed by atoms with Crippen LogP contribution in [0, 0.1) is 0 Å². The Morgan fingerprint density at radius 3 is 2.49 bits per heavy atom. The molecule has 35 heavy (non-hydrogen) atoms. The SMILES string of the molecule is NC(=O)[C@@H]1Cc2ccccc2CN1C(=O)C(Cc1ccc(O)cc1)NC(=O)C(N)Cc1cnc[nH]1. The van der Waals surface area contributed by atoms with Crippen molar-refractivity contribution < 1.29 is 19.5 Å². The number of imidazole rings is 1. The molecule has 2 aromatic carbocycles. The van der Waals surface area contributed by atoms with Crippen LogP contribution in [0.3, 0.4) is 0 Å². The lowest BCUT2D eigenvalue weighted by Crippen LogP contribution is -2.59. The Balaban J connectivity index is 1.58. The van der Waals surface area contributed by atoms with Crippen molar-refractivity contribution in [3.8, 4) is 5.75 Å². The number of primary amides is 1. The Kier molecular flexibility index (Phi) is 7.11. The molecule has 10 nitrogen and oxygen atoms in total. The number of H-pyrrole nitrogens is 1. The molecule has 1 aliphatic rings. The third kappa shape index (κ3) is 5.67. The van der Waals surface area contributed by atoms with E-state index < -0.39 is 35.8 Å². The van der Waals surface area contributed by atoms with E-state index in [-0.39, 0.29) is 25.1 Å². The van der Waals surface area contributed by atoms with Gasteiger partial charge in [0, 0.05) is 37.7 Å². The van der Waals surface area contributed by atoms with Crippen LogP contribution in [-0.2, 0) is 40.2 Å². The van der Waals surface area contributed by atoms with Crippen LogP contribution in [0.5, 0.6) is 5.75 Å². The molecule has 0 spiro atoms. The van der Waals surface area contributed by atoms with Crippen LogP contribution in [0.2, 0.25) is 0 Å². The van der Waals surface area contributed by atoms with E-state index >= 15 is 0 Å². The van der Waals surface area contributed by atoms with E-state index in [1.54, 1.807) is 18.3 Å². The molecule has 0 fully saturated rings.